The van der Waals surface area contributed by atoms with Crippen molar-refractivity contribution < 1.29 is 17.7 Å². The van der Waals surface area contributed by atoms with E-state index < -0.39 is 11.7 Å². The number of hydrogen-bond donors (Lipinski definition) is 0. The molecule has 3 rings (SSSR count). The number of benzene rings is 1. The lowest BCUT2D eigenvalue weighted by atomic mass is 10.1. The highest BCUT2D eigenvalue weighted by atomic mass is 19.4. The van der Waals surface area contributed by atoms with Crippen LogP contribution in [0.2, 0.25) is 0 Å². The molecule has 0 bridgehead atoms. The molecule has 2 heterocycles. The summed E-state index contributed by atoms with van der Waals surface area (Å²) in [6.45, 7) is 5.64. The van der Waals surface area contributed by atoms with Crippen molar-refractivity contribution in [1.82, 2.24) is 10.1 Å². The molecular formula is C18H21F3N2O. The van der Waals surface area contributed by atoms with Gasteiger partial charge in [-0.25, -0.2) is 0 Å². The van der Waals surface area contributed by atoms with Gasteiger partial charge in [0.1, 0.15) is 11.5 Å². The maximum absolute atomic E-state index is 12.6. The second-order valence-electron chi connectivity index (χ2n) is 6.63. The van der Waals surface area contributed by atoms with Gasteiger partial charge in [-0.05, 0) is 37.1 Å². The van der Waals surface area contributed by atoms with Gasteiger partial charge in [-0.1, -0.05) is 31.1 Å². The first-order valence-corrected chi connectivity index (χ1v) is 8.21. The van der Waals surface area contributed by atoms with Crippen LogP contribution in [0.3, 0.4) is 0 Å². The summed E-state index contributed by atoms with van der Waals surface area (Å²) in [6.07, 6.45) is -2.25. The number of nitrogens with zero attached hydrogens (tertiary/aromatic N) is 2. The Balaban J connectivity index is 1.71. The van der Waals surface area contributed by atoms with E-state index in [1.54, 1.807) is 12.1 Å². The number of rotatable bonds is 4. The van der Waals surface area contributed by atoms with Crippen LogP contribution in [0.1, 0.15) is 61.2 Å². The largest absolute Gasteiger partial charge is 0.416 e. The third-order valence-electron chi connectivity index (χ3n) is 4.49. The first kappa shape index (κ1) is 17.0. The molecule has 1 fully saturated rings. The van der Waals surface area contributed by atoms with Gasteiger partial charge in [-0.2, -0.15) is 13.2 Å². The van der Waals surface area contributed by atoms with Crippen molar-refractivity contribution in [1.29, 1.82) is 0 Å². The molecule has 0 N–H and O–H groups in total. The molecule has 1 aliphatic rings. The Morgan fingerprint density at radius 1 is 1.25 bits per heavy atom. The molecule has 1 aliphatic heterocycles. The fourth-order valence-corrected chi connectivity index (χ4v) is 3.12. The summed E-state index contributed by atoms with van der Waals surface area (Å²) in [5, 5.41) is 4.19. The van der Waals surface area contributed by atoms with Gasteiger partial charge >= 0.3 is 6.18 Å². The maximum Gasteiger partial charge on any atom is 0.416 e. The molecule has 0 spiro atoms. The number of likely N-dealkylation sites (tertiary alicyclic amines) is 1. The highest BCUT2D eigenvalue weighted by Crippen LogP contribution is 2.34. The molecule has 1 aromatic heterocycles. The van der Waals surface area contributed by atoms with Crippen molar-refractivity contribution in [2.75, 3.05) is 6.54 Å². The van der Waals surface area contributed by atoms with E-state index in [4.69, 9.17) is 4.52 Å². The van der Waals surface area contributed by atoms with Crippen LogP contribution in [0.5, 0.6) is 0 Å². The smallest absolute Gasteiger partial charge is 0.361 e. The molecule has 130 valence electrons. The van der Waals surface area contributed by atoms with Crippen molar-refractivity contribution in [3.05, 3.63) is 52.9 Å². The Hall–Kier alpha value is -1.82. The van der Waals surface area contributed by atoms with Crippen LogP contribution in [-0.4, -0.2) is 16.6 Å². The molecule has 1 saturated heterocycles. The summed E-state index contributed by atoms with van der Waals surface area (Å²) in [7, 11) is 0. The van der Waals surface area contributed by atoms with Gasteiger partial charge in [0.15, 0.2) is 0 Å². The van der Waals surface area contributed by atoms with Crippen molar-refractivity contribution in [3.63, 3.8) is 0 Å². The second-order valence-corrected chi connectivity index (χ2v) is 6.63. The summed E-state index contributed by atoms with van der Waals surface area (Å²) in [5.41, 5.74) is 1.19. The molecule has 0 amide bonds. The lowest BCUT2D eigenvalue weighted by molar-refractivity contribution is -0.137. The summed E-state index contributed by atoms with van der Waals surface area (Å²) in [4.78, 5) is 2.25. The van der Waals surface area contributed by atoms with Gasteiger partial charge in [0.05, 0.1) is 11.6 Å². The van der Waals surface area contributed by atoms with Crippen LogP contribution >= 0.6 is 0 Å². The van der Waals surface area contributed by atoms with E-state index in [1.807, 2.05) is 6.07 Å². The lowest BCUT2D eigenvalue weighted by Gasteiger charge is -2.22. The maximum atomic E-state index is 12.6. The van der Waals surface area contributed by atoms with E-state index in [1.165, 1.54) is 0 Å². The quantitative estimate of drug-likeness (QED) is 0.772. The van der Waals surface area contributed by atoms with Gasteiger partial charge in [0, 0.05) is 18.5 Å². The van der Waals surface area contributed by atoms with E-state index in [9.17, 15) is 13.2 Å². The van der Waals surface area contributed by atoms with Crippen LogP contribution in [0.25, 0.3) is 0 Å². The van der Waals surface area contributed by atoms with Crippen molar-refractivity contribution >= 4 is 0 Å². The first-order valence-electron chi connectivity index (χ1n) is 8.21. The fraction of sp³-hybridized carbons (Fsp3) is 0.500. The summed E-state index contributed by atoms with van der Waals surface area (Å²) >= 11 is 0. The minimum atomic E-state index is -4.29. The fourth-order valence-electron chi connectivity index (χ4n) is 3.12. The Labute approximate surface area is 139 Å². The molecule has 1 unspecified atom stereocenters. The summed E-state index contributed by atoms with van der Waals surface area (Å²) in [6, 6.07) is 7.57. The van der Waals surface area contributed by atoms with Gasteiger partial charge in [0.2, 0.25) is 0 Å². The molecule has 0 saturated carbocycles. The zero-order valence-corrected chi connectivity index (χ0v) is 13.8. The van der Waals surface area contributed by atoms with E-state index in [-0.39, 0.29) is 12.0 Å². The topological polar surface area (TPSA) is 29.3 Å². The molecule has 1 aromatic carbocycles. The lowest BCUT2D eigenvalue weighted by Crippen LogP contribution is -2.23. The molecule has 1 atom stereocenters. The molecule has 6 heteroatoms. The zero-order chi connectivity index (χ0) is 17.3. The SMILES string of the molecule is CC(C)c1cc(C2CCCN2Cc2ccc(C(F)(F)F)cc2)no1. The minimum absolute atomic E-state index is 0.170. The normalized spacial score (nSPS) is 19.3. The van der Waals surface area contributed by atoms with E-state index in [2.05, 4.69) is 23.9 Å². The van der Waals surface area contributed by atoms with E-state index in [0.29, 0.717) is 6.54 Å². The molecule has 0 radical (unpaired) electrons. The molecule has 0 aliphatic carbocycles. The average Bonchev–Trinajstić information content (AvgIpc) is 3.15. The van der Waals surface area contributed by atoms with Crippen LogP contribution < -0.4 is 0 Å². The van der Waals surface area contributed by atoms with Gasteiger partial charge in [0.25, 0.3) is 0 Å². The average molecular weight is 338 g/mol. The van der Waals surface area contributed by atoms with Crippen molar-refractivity contribution in [2.24, 2.45) is 0 Å². The van der Waals surface area contributed by atoms with Gasteiger partial charge in [-0.3, -0.25) is 4.90 Å². The third-order valence-corrected chi connectivity index (χ3v) is 4.49. The predicted molar refractivity (Wildman–Crippen MR) is 84.4 cm³/mol. The zero-order valence-electron chi connectivity index (χ0n) is 13.8. The van der Waals surface area contributed by atoms with E-state index >= 15 is 0 Å². The minimum Gasteiger partial charge on any atom is -0.361 e. The number of aromatic nitrogens is 1. The van der Waals surface area contributed by atoms with Crippen LogP contribution in [0.15, 0.2) is 34.9 Å². The predicted octanol–water partition coefficient (Wildman–Crippen LogP) is 5.15. The van der Waals surface area contributed by atoms with Crippen molar-refractivity contribution in [3.8, 4) is 0 Å². The Bertz CT molecular complexity index is 676. The second kappa shape index (κ2) is 6.59. The monoisotopic (exact) mass is 338 g/mol. The van der Waals surface area contributed by atoms with E-state index in [0.717, 1.165) is 48.5 Å². The Kier molecular flexibility index (Phi) is 4.67. The molecule has 24 heavy (non-hydrogen) atoms. The molecular weight excluding hydrogens is 317 g/mol. The van der Waals surface area contributed by atoms with Crippen molar-refractivity contribution in [2.45, 2.75) is 51.4 Å². The highest BCUT2D eigenvalue weighted by molar-refractivity contribution is 5.25. The number of halogens is 3. The van der Waals surface area contributed by atoms with Gasteiger partial charge in [-0.15, -0.1) is 0 Å². The molecule has 2 aromatic rings. The standard InChI is InChI=1S/C18H21F3N2O/c1-12(2)17-10-15(22-24-17)16-4-3-9-23(16)11-13-5-7-14(8-6-13)18(19,20)21/h5-8,10,12,16H,3-4,9,11H2,1-2H3. The van der Waals surface area contributed by atoms with Crippen LogP contribution in [0.4, 0.5) is 13.2 Å². The summed E-state index contributed by atoms with van der Waals surface area (Å²) in [5.74, 6) is 1.15. The Morgan fingerprint density at radius 2 is 1.96 bits per heavy atom. The first-order chi connectivity index (χ1) is 11.3. The number of alkyl halides is 3. The summed E-state index contributed by atoms with van der Waals surface area (Å²) < 4.78 is 43.3. The third kappa shape index (κ3) is 3.64. The van der Waals surface area contributed by atoms with Crippen LogP contribution in [-0.2, 0) is 12.7 Å². The number of hydrogen-bond acceptors (Lipinski definition) is 3. The van der Waals surface area contributed by atoms with Crippen LogP contribution in [0, 0.1) is 0 Å². The highest BCUT2D eigenvalue weighted by Gasteiger charge is 2.31. The van der Waals surface area contributed by atoms with Gasteiger partial charge < -0.3 is 4.52 Å². The Morgan fingerprint density at radius 3 is 2.54 bits per heavy atom. The molecule has 3 nitrogen and oxygen atoms in total.